The third kappa shape index (κ3) is 2.34. The van der Waals surface area contributed by atoms with E-state index >= 15 is 0 Å². The zero-order chi connectivity index (χ0) is 22.2. The Morgan fingerprint density at radius 2 is 1.67 bits per heavy atom. The standard InChI is InChI=1S/C31H30N2/c1-19-21-15-16-27-30(21)24-9-3-5-11-26(24)31(27)25-10-4-2-8-22(25)23-14-13-20(18-28(23)31)33-29(19)12-6-7-17-32/h2-5,7-11,13-14,17-19,21,29,33H,6,12,15-16,32H2,1H3/b17-7-/t19-,21-,29?,31?/m0/s1. The number of anilines is 1. The van der Waals surface area contributed by atoms with E-state index in [9.17, 15) is 0 Å². The summed E-state index contributed by atoms with van der Waals surface area (Å²) in [7, 11) is 0. The van der Waals surface area contributed by atoms with Gasteiger partial charge in [0, 0.05) is 11.7 Å². The monoisotopic (exact) mass is 430 g/mol. The molecular weight excluding hydrogens is 400 g/mol. The van der Waals surface area contributed by atoms with Gasteiger partial charge < -0.3 is 11.1 Å². The zero-order valence-corrected chi connectivity index (χ0v) is 19.1. The van der Waals surface area contributed by atoms with Gasteiger partial charge in [0.2, 0.25) is 0 Å². The van der Waals surface area contributed by atoms with Crippen LogP contribution < -0.4 is 11.1 Å². The quantitative estimate of drug-likeness (QED) is 0.476. The van der Waals surface area contributed by atoms with Crippen molar-refractivity contribution >= 4 is 11.3 Å². The van der Waals surface area contributed by atoms with Crippen molar-refractivity contribution in [3.05, 3.63) is 107 Å². The first-order valence-corrected chi connectivity index (χ1v) is 12.5. The molecular formula is C31H30N2. The topological polar surface area (TPSA) is 38.0 Å². The molecule has 33 heavy (non-hydrogen) atoms. The average Bonchev–Trinajstić information content (AvgIpc) is 3.49. The van der Waals surface area contributed by atoms with Gasteiger partial charge in [-0.05, 0) is 100 Å². The Labute approximate surface area is 196 Å². The number of allylic oxidation sites excluding steroid dienone is 3. The van der Waals surface area contributed by atoms with Crippen molar-refractivity contribution in [2.24, 2.45) is 17.6 Å². The molecule has 0 radical (unpaired) electrons. The molecule has 1 spiro atoms. The number of hydrogen-bond donors (Lipinski definition) is 2. The molecule has 0 amide bonds. The van der Waals surface area contributed by atoms with E-state index in [-0.39, 0.29) is 5.41 Å². The Kier molecular flexibility index (Phi) is 4.00. The van der Waals surface area contributed by atoms with Crippen molar-refractivity contribution in [3.63, 3.8) is 0 Å². The number of rotatable bonds is 3. The SMILES string of the molecule is C[C@@H]1C(CC/C=C\N)Nc2ccc3c(c2)C2(C4=C(c5ccccc52)[C@H]1CC4)c1ccccc1-3. The van der Waals surface area contributed by atoms with Crippen LogP contribution in [0.25, 0.3) is 16.7 Å². The number of fused-ring (bicyclic) bond motifs is 4. The Morgan fingerprint density at radius 3 is 2.48 bits per heavy atom. The van der Waals surface area contributed by atoms with Crippen LogP contribution in [0.4, 0.5) is 5.69 Å². The van der Waals surface area contributed by atoms with Crippen molar-refractivity contribution in [1.82, 2.24) is 0 Å². The molecule has 2 heteroatoms. The van der Waals surface area contributed by atoms with Crippen molar-refractivity contribution in [3.8, 4) is 11.1 Å². The third-order valence-electron chi connectivity index (χ3n) is 8.92. The van der Waals surface area contributed by atoms with E-state index in [2.05, 4.69) is 85.0 Å². The van der Waals surface area contributed by atoms with Crippen LogP contribution in [0.5, 0.6) is 0 Å². The number of benzene rings is 3. The van der Waals surface area contributed by atoms with Gasteiger partial charge in [-0.2, -0.15) is 0 Å². The third-order valence-corrected chi connectivity index (χ3v) is 8.92. The second-order valence-electron chi connectivity index (χ2n) is 10.3. The van der Waals surface area contributed by atoms with E-state index in [1.165, 1.54) is 51.9 Å². The van der Waals surface area contributed by atoms with E-state index < -0.39 is 0 Å². The van der Waals surface area contributed by atoms with Crippen LogP contribution >= 0.6 is 0 Å². The minimum absolute atomic E-state index is 0.126. The molecule has 3 aromatic carbocycles. The van der Waals surface area contributed by atoms with Gasteiger partial charge in [0.05, 0.1) is 5.41 Å². The van der Waals surface area contributed by atoms with Gasteiger partial charge in [-0.3, -0.25) is 0 Å². The predicted molar refractivity (Wildman–Crippen MR) is 137 cm³/mol. The molecule has 164 valence electrons. The van der Waals surface area contributed by atoms with E-state index in [1.54, 1.807) is 17.3 Å². The summed E-state index contributed by atoms with van der Waals surface area (Å²) >= 11 is 0. The molecule has 2 unspecified atom stereocenters. The van der Waals surface area contributed by atoms with Crippen LogP contribution in [0, 0.1) is 11.8 Å². The predicted octanol–water partition coefficient (Wildman–Crippen LogP) is 6.86. The highest BCUT2D eigenvalue weighted by atomic mass is 14.9. The molecule has 1 heterocycles. The Morgan fingerprint density at radius 1 is 0.939 bits per heavy atom. The number of nitrogens with two attached hydrogens (primary N) is 1. The summed E-state index contributed by atoms with van der Waals surface area (Å²) in [5, 5.41) is 3.98. The highest BCUT2D eigenvalue weighted by Crippen LogP contribution is 2.67. The first-order chi connectivity index (χ1) is 16.2. The summed E-state index contributed by atoms with van der Waals surface area (Å²) < 4.78 is 0. The van der Waals surface area contributed by atoms with Gasteiger partial charge in [0.1, 0.15) is 0 Å². The minimum Gasteiger partial charge on any atom is -0.405 e. The van der Waals surface area contributed by atoms with E-state index in [1.807, 2.05) is 0 Å². The molecule has 0 saturated carbocycles. The highest BCUT2D eigenvalue weighted by Gasteiger charge is 2.56. The van der Waals surface area contributed by atoms with E-state index in [4.69, 9.17) is 5.73 Å². The lowest BCUT2D eigenvalue weighted by Gasteiger charge is -2.33. The van der Waals surface area contributed by atoms with E-state index in [0.717, 1.165) is 12.8 Å². The van der Waals surface area contributed by atoms with Crippen LogP contribution in [-0.2, 0) is 5.41 Å². The first kappa shape index (κ1) is 19.2. The molecule has 0 fully saturated rings. The van der Waals surface area contributed by atoms with Crippen LogP contribution in [0.2, 0.25) is 0 Å². The summed E-state index contributed by atoms with van der Waals surface area (Å²) in [6, 6.07) is 26.0. The lowest BCUT2D eigenvalue weighted by atomic mass is 9.69. The maximum atomic E-state index is 5.66. The van der Waals surface area contributed by atoms with Crippen LogP contribution in [0.3, 0.4) is 0 Å². The molecule has 7 rings (SSSR count). The summed E-state index contributed by atoms with van der Waals surface area (Å²) in [6.45, 7) is 2.47. The minimum atomic E-state index is -0.126. The first-order valence-electron chi connectivity index (χ1n) is 12.5. The van der Waals surface area contributed by atoms with Crippen molar-refractivity contribution in [2.75, 3.05) is 5.32 Å². The van der Waals surface area contributed by atoms with E-state index in [0.29, 0.717) is 17.9 Å². The fourth-order valence-electron chi connectivity index (χ4n) is 7.61. The molecule has 0 aromatic heterocycles. The van der Waals surface area contributed by atoms with Crippen LogP contribution in [0.1, 0.15) is 54.9 Å². The van der Waals surface area contributed by atoms with Crippen molar-refractivity contribution in [2.45, 2.75) is 44.1 Å². The fraction of sp³-hybridized carbons (Fsp3) is 0.290. The maximum absolute atomic E-state index is 5.66. The Hall–Kier alpha value is -3.26. The van der Waals surface area contributed by atoms with Gasteiger partial charge >= 0.3 is 0 Å². The number of nitrogens with one attached hydrogen (secondary N) is 1. The van der Waals surface area contributed by atoms with Crippen LogP contribution in [0.15, 0.2) is 84.6 Å². The molecule has 4 atom stereocenters. The average molecular weight is 431 g/mol. The summed E-state index contributed by atoms with van der Waals surface area (Å²) in [4.78, 5) is 0. The molecule has 3 aromatic rings. The van der Waals surface area contributed by atoms with Gasteiger partial charge in [0.15, 0.2) is 0 Å². The number of hydrogen-bond acceptors (Lipinski definition) is 2. The zero-order valence-electron chi connectivity index (χ0n) is 19.1. The summed E-state index contributed by atoms with van der Waals surface area (Å²) in [6.07, 6.45) is 8.33. The second-order valence-corrected chi connectivity index (χ2v) is 10.3. The normalized spacial score (nSPS) is 28.1. The molecule has 3 aliphatic carbocycles. The molecule has 4 aliphatic rings. The summed E-state index contributed by atoms with van der Waals surface area (Å²) in [5.41, 5.74) is 18.9. The lowest BCUT2D eigenvalue weighted by Crippen LogP contribution is -2.32. The second kappa shape index (κ2) is 6.87. The Bertz CT molecular complexity index is 1350. The molecule has 6 bridgehead atoms. The Balaban J connectivity index is 1.55. The molecule has 2 nitrogen and oxygen atoms in total. The molecule has 0 saturated heterocycles. The van der Waals surface area contributed by atoms with Crippen molar-refractivity contribution in [1.29, 1.82) is 0 Å². The molecule has 3 N–H and O–H groups in total. The van der Waals surface area contributed by atoms with Crippen molar-refractivity contribution < 1.29 is 0 Å². The summed E-state index contributed by atoms with van der Waals surface area (Å²) in [5.74, 6) is 1.13. The fourth-order valence-corrected chi connectivity index (χ4v) is 7.61. The largest absolute Gasteiger partial charge is 0.405 e. The smallest absolute Gasteiger partial charge is 0.0686 e. The van der Waals surface area contributed by atoms with Gasteiger partial charge in [-0.1, -0.05) is 67.6 Å². The maximum Gasteiger partial charge on any atom is 0.0686 e. The van der Waals surface area contributed by atoms with Gasteiger partial charge in [0.25, 0.3) is 0 Å². The van der Waals surface area contributed by atoms with Crippen LogP contribution in [-0.4, -0.2) is 6.04 Å². The highest BCUT2D eigenvalue weighted by molar-refractivity contribution is 5.96. The van der Waals surface area contributed by atoms with Gasteiger partial charge in [-0.15, -0.1) is 0 Å². The molecule has 1 aliphatic heterocycles. The lowest BCUT2D eigenvalue weighted by molar-refractivity contribution is 0.362. The van der Waals surface area contributed by atoms with Gasteiger partial charge in [-0.25, -0.2) is 0 Å².